The summed E-state index contributed by atoms with van der Waals surface area (Å²) >= 11 is 0. The molecule has 0 aromatic heterocycles. The predicted octanol–water partition coefficient (Wildman–Crippen LogP) is 4.89. The quantitative estimate of drug-likeness (QED) is 0.394. The molecule has 0 aliphatic rings. The molecule has 0 amide bonds. The van der Waals surface area contributed by atoms with E-state index in [0.717, 1.165) is 5.56 Å². The van der Waals surface area contributed by atoms with Gasteiger partial charge in [-0.05, 0) is 32.4 Å². The molecule has 5 nitrogen and oxygen atoms in total. The maximum absolute atomic E-state index is 12.2. The van der Waals surface area contributed by atoms with Crippen LogP contribution in [0.5, 0.6) is 0 Å². The van der Waals surface area contributed by atoms with Gasteiger partial charge in [-0.3, -0.25) is 4.79 Å². The summed E-state index contributed by atoms with van der Waals surface area (Å²) in [5.41, 5.74) is 1.03. The molecule has 0 aliphatic carbocycles. The van der Waals surface area contributed by atoms with Crippen molar-refractivity contribution in [2.45, 2.75) is 79.8 Å². The monoisotopic (exact) mass is 420 g/mol. The van der Waals surface area contributed by atoms with Gasteiger partial charge in [0, 0.05) is 17.8 Å². The van der Waals surface area contributed by atoms with Crippen LogP contribution in [0.1, 0.15) is 67.1 Å². The fraction of sp³-hybridized carbons (Fsp3) is 0.640. The first-order valence-corrected chi connectivity index (χ1v) is 11.0. The molecule has 170 valence electrons. The van der Waals surface area contributed by atoms with E-state index in [4.69, 9.17) is 9.47 Å². The highest BCUT2D eigenvalue weighted by Crippen LogP contribution is 2.33. The van der Waals surface area contributed by atoms with Crippen LogP contribution in [0.15, 0.2) is 42.2 Å². The number of hydrogen-bond acceptors (Lipinski definition) is 5. The standard InChI is InChI=1S/C25H40O5/c1-9-22(30-25(28)15(2)3)17(5)24(18(6)23(27)16(4)19(7)26)29-20(8)21-13-11-10-12-14-21/h9-20,23-24,26-27H,1-8H3/b22-9-/t16-,17+,18+,19+,20-,23+,24+/m0/s1. The molecule has 0 aliphatic heterocycles. The third-order valence-corrected chi connectivity index (χ3v) is 5.90. The van der Waals surface area contributed by atoms with Crippen LogP contribution in [0.3, 0.4) is 0 Å². The Morgan fingerprint density at radius 3 is 1.97 bits per heavy atom. The minimum Gasteiger partial charge on any atom is -0.431 e. The molecule has 0 unspecified atom stereocenters. The van der Waals surface area contributed by atoms with Gasteiger partial charge < -0.3 is 19.7 Å². The largest absolute Gasteiger partial charge is 0.431 e. The smallest absolute Gasteiger partial charge is 0.313 e. The van der Waals surface area contributed by atoms with E-state index in [1.807, 2.05) is 65.0 Å². The molecule has 30 heavy (non-hydrogen) atoms. The van der Waals surface area contributed by atoms with Gasteiger partial charge in [-0.15, -0.1) is 0 Å². The molecular weight excluding hydrogens is 380 g/mol. The first-order chi connectivity index (χ1) is 14.0. The maximum Gasteiger partial charge on any atom is 0.313 e. The Hall–Kier alpha value is -1.69. The number of carbonyl (C=O) groups is 1. The molecular formula is C25H40O5. The van der Waals surface area contributed by atoms with E-state index in [1.165, 1.54) is 0 Å². The van der Waals surface area contributed by atoms with Crippen molar-refractivity contribution in [3.05, 3.63) is 47.7 Å². The van der Waals surface area contributed by atoms with Crippen molar-refractivity contribution >= 4 is 5.97 Å². The van der Waals surface area contributed by atoms with Crippen molar-refractivity contribution in [2.24, 2.45) is 23.7 Å². The molecule has 0 spiro atoms. The molecule has 0 fully saturated rings. The summed E-state index contributed by atoms with van der Waals surface area (Å²) in [6.45, 7) is 14.8. The molecule has 1 aromatic carbocycles. The maximum atomic E-state index is 12.2. The van der Waals surface area contributed by atoms with Crippen LogP contribution < -0.4 is 0 Å². The Morgan fingerprint density at radius 2 is 1.50 bits per heavy atom. The van der Waals surface area contributed by atoms with E-state index in [0.29, 0.717) is 5.76 Å². The summed E-state index contributed by atoms with van der Waals surface area (Å²) in [5.74, 6) is -0.901. The van der Waals surface area contributed by atoms with Gasteiger partial charge in [-0.1, -0.05) is 65.0 Å². The predicted molar refractivity (Wildman–Crippen MR) is 120 cm³/mol. The molecule has 1 aromatic rings. The van der Waals surface area contributed by atoms with Crippen molar-refractivity contribution in [1.82, 2.24) is 0 Å². The highest BCUT2D eigenvalue weighted by Gasteiger charge is 2.37. The Balaban J connectivity index is 3.18. The summed E-state index contributed by atoms with van der Waals surface area (Å²) in [7, 11) is 0. The Labute approximate surface area is 182 Å². The highest BCUT2D eigenvalue weighted by atomic mass is 16.5. The summed E-state index contributed by atoms with van der Waals surface area (Å²) in [6, 6.07) is 9.88. The number of rotatable bonds is 11. The van der Waals surface area contributed by atoms with Gasteiger partial charge in [0.25, 0.3) is 0 Å². The van der Waals surface area contributed by atoms with Crippen molar-refractivity contribution in [3.63, 3.8) is 0 Å². The number of aliphatic hydroxyl groups excluding tert-OH is 2. The van der Waals surface area contributed by atoms with Crippen LogP contribution in [0.4, 0.5) is 0 Å². The van der Waals surface area contributed by atoms with E-state index >= 15 is 0 Å². The van der Waals surface area contributed by atoms with Crippen LogP contribution >= 0.6 is 0 Å². The van der Waals surface area contributed by atoms with Crippen LogP contribution in [0.25, 0.3) is 0 Å². The molecule has 0 radical (unpaired) electrons. The van der Waals surface area contributed by atoms with Gasteiger partial charge in [-0.25, -0.2) is 0 Å². The second kappa shape index (κ2) is 12.2. The number of ether oxygens (including phenoxy) is 2. The Kier molecular flexibility index (Phi) is 10.7. The van der Waals surface area contributed by atoms with E-state index in [2.05, 4.69) is 0 Å². The van der Waals surface area contributed by atoms with Gasteiger partial charge in [-0.2, -0.15) is 0 Å². The fourth-order valence-corrected chi connectivity index (χ4v) is 3.50. The molecule has 2 N–H and O–H groups in total. The second-order valence-electron chi connectivity index (χ2n) is 8.66. The average Bonchev–Trinajstić information content (AvgIpc) is 2.73. The lowest BCUT2D eigenvalue weighted by atomic mass is 9.81. The van der Waals surface area contributed by atoms with Crippen LogP contribution in [-0.4, -0.2) is 34.5 Å². The van der Waals surface area contributed by atoms with Gasteiger partial charge in [0.2, 0.25) is 0 Å². The molecule has 0 saturated carbocycles. The molecule has 0 saturated heterocycles. The summed E-state index contributed by atoms with van der Waals surface area (Å²) < 4.78 is 12.1. The van der Waals surface area contributed by atoms with Crippen LogP contribution in [-0.2, 0) is 14.3 Å². The number of esters is 1. The van der Waals surface area contributed by atoms with E-state index < -0.39 is 18.3 Å². The third kappa shape index (κ3) is 7.22. The average molecular weight is 421 g/mol. The SMILES string of the molecule is C/C=C(\OC(=O)C(C)C)[C@@H](C)[C@@H](O[C@@H](C)c1ccccc1)[C@H](C)[C@H](O)[C@@H](C)[C@@H](C)O. The van der Waals surface area contributed by atoms with Crippen LogP contribution in [0, 0.1) is 23.7 Å². The normalized spacial score (nSPS) is 19.5. The summed E-state index contributed by atoms with van der Waals surface area (Å²) in [5, 5.41) is 20.9. The third-order valence-electron chi connectivity index (χ3n) is 5.90. The zero-order chi connectivity index (χ0) is 23.0. The number of allylic oxidation sites excluding steroid dienone is 1. The summed E-state index contributed by atoms with van der Waals surface area (Å²) in [6.07, 6.45) is -0.285. The fourth-order valence-electron chi connectivity index (χ4n) is 3.50. The lowest BCUT2D eigenvalue weighted by Gasteiger charge is -2.37. The minimum absolute atomic E-state index is 0.214. The van der Waals surface area contributed by atoms with Gasteiger partial charge in [0.1, 0.15) is 5.76 Å². The second-order valence-corrected chi connectivity index (χ2v) is 8.66. The number of aliphatic hydroxyl groups is 2. The van der Waals surface area contributed by atoms with Gasteiger partial charge in [0.15, 0.2) is 0 Å². The lowest BCUT2D eigenvalue weighted by Crippen LogP contribution is -2.43. The number of carbonyl (C=O) groups excluding carboxylic acids is 1. The molecule has 0 bridgehead atoms. The van der Waals surface area contributed by atoms with E-state index in [9.17, 15) is 15.0 Å². The van der Waals surface area contributed by atoms with E-state index in [1.54, 1.807) is 26.8 Å². The zero-order valence-electron chi connectivity index (χ0n) is 19.7. The molecule has 7 atom stereocenters. The number of benzene rings is 1. The van der Waals surface area contributed by atoms with Crippen molar-refractivity contribution in [1.29, 1.82) is 0 Å². The van der Waals surface area contributed by atoms with Gasteiger partial charge >= 0.3 is 5.97 Å². The molecule has 0 heterocycles. The number of hydrogen-bond donors (Lipinski definition) is 2. The van der Waals surface area contributed by atoms with Gasteiger partial charge in [0.05, 0.1) is 30.3 Å². The van der Waals surface area contributed by atoms with Crippen LogP contribution in [0.2, 0.25) is 0 Å². The highest BCUT2D eigenvalue weighted by molar-refractivity contribution is 5.72. The van der Waals surface area contributed by atoms with Crippen molar-refractivity contribution < 1.29 is 24.5 Å². The zero-order valence-corrected chi connectivity index (χ0v) is 19.7. The topological polar surface area (TPSA) is 76.0 Å². The van der Waals surface area contributed by atoms with Crippen molar-refractivity contribution in [3.8, 4) is 0 Å². The summed E-state index contributed by atoms with van der Waals surface area (Å²) in [4.78, 5) is 12.2. The Morgan fingerprint density at radius 1 is 0.933 bits per heavy atom. The minimum atomic E-state index is -0.778. The van der Waals surface area contributed by atoms with E-state index in [-0.39, 0.29) is 35.7 Å². The lowest BCUT2D eigenvalue weighted by molar-refractivity contribution is -0.146. The van der Waals surface area contributed by atoms with Crippen molar-refractivity contribution in [2.75, 3.05) is 0 Å². The molecule has 5 heteroatoms. The first kappa shape index (κ1) is 26.3. The Bertz CT molecular complexity index is 667. The first-order valence-electron chi connectivity index (χ1n) is 11.0. The molecule has 1 rings (SSSR count).